The Labute approximate surface area is 141 Å². The number of H-pyrrole nitrogens is 1. The van der Waals surface area contributed by atoms with Crippen LogP contribution in [0.25, 0.3) is 11.0 Å². The zero-order valence-corrected chi connectivity index (χ0v) is 14.0. The quantitative estimate of drug-likeness (QED) is 0.752. The van der Waals surface area contributed by atoms with Gasteiger partial charge in [-0.3, -0.25) is 4.79 Å². The number of para-hydroxylation sites is 2. The lowest BCUT2D eigenvalue weighted by Gasteiger charge is -2.20. The second-order valence-electron chi connectivity index (χ2n) is 6.07. The van der Waals surface area contributed by atoms with Gasteiger partial charge in [-0.1, -0.05) is 32.0 Å². The average molecular weight is 323 g/mol. The van der Waals surface area contributed by atoms with Gasteiger partial charge in [0.25, 0.3) is 5.91 Å². The first-order chi connectivity index (χ1) is 11.6. The Morgan fingerprint density at radius 3 is 2.67 bits per heavy atom. The van der Waals surface area contributed by atoms with Crippen molar-refractivity contribution >= 4 is 16.9 Å². The van der Waals surface area contributed by atoms with Crippen LogP contribution in [0.3, 0.4) is 0 Å². The molecular formula is C19H21N3O2. The topological polar surface area (TPSA) is 67.0 Å². The largest absolute Gasteiger partial charge is 0.497 e. The van der Waals surface area contributed by atoms with Gasteiger partial charge in [0.15, 0.2) is 0 Å². The van der Waals surface area contributed by atoms with E-state index in [2.05, 4.69) is 29.1 Å². The minimum absolute atomic E-state index is 0.145. The van der Waals surface area contributed by atoms with Crippen LogP contribution in [0.15, 0.2) is 48.5 Å². The van der Waals surface area contributed by atoms with E-state index in [1.165, 1.54) is 0 Å². The van der Waals surface area contributed by atoms with Crippen molar-refractivity contribution in [3.05, 3.63) is 59.9 Å². The summed E-state index contributed by atoms with van der Waals surface area (Å²) in [6.07, 6.45) is 0. The highest BCUT2D eigenvalue weighted by Gasteiger charge is 2.22. The normalized spacial score (nSPS) is 12.3. The summed E-state index contributed by atoms with van der Waals surface area (Å²) in [6, 6.07) is 14.8. The Morgan fingerprint density at radius 2 is 1.96 bits per heavy atom. The molecule has 1 unspecified atom stereocenters. The minimum atomic E-state index is -0.198. The number of ether oxygens (including phenoxy) is 1. The third-order valence-corrected chi connectivity index (χ3v) is 3.99. The van der Waals surface area contributed by atoms with Gasteiger partial charge >= 0.3 is 0 Å². The molecule has 24 heavy (non-hydrogen) atoms. The Balaban J connectivity index is 1.87. The van der Waals surface area contributed by atoms with Crippen LogP contribution in [-0.2, 0) is 0 Å². The standard InChI is InChI=1S/C19H21N3O2/c1-12(2)17(18-20-15-9-4-5-10-16(15)21-18)22-19(23)13-7-6-8-14(11-13)24-3/h4-12,17H,1-3H3,(H,20,21)(H,22,23). The highest BCUT2D eigenvalue weighted by atomic mass is 16.5. The molecule has 1 atom stereocenters. The molecule has 3 rings (SSSR count). The first-order valence-corrected chi connectivity index (χ1v) is 7.98. The van der Waals surface area contributed by atoms with Crippen LogP contribution in [0.5, 0.6) is 5.75 Å². The van der Waals surface area contributed by atoms with Gasteiger partial charge in [-0.15, -0.1) is 0 Å². The number of nitrogens with zero attached hydrogens (tertiary/aromatic N) is 1. The number of imidazole rings is 1. The smallest absolute Gasteiger partial charge is 0.252 e. The molecule has 0 aliphatic heterocycles. The SMILES string of the molecule is COc1cccc(C(=O)NC(c2nc3ccccc3[nH]2)C(C)C)c1. The molecule has 1 aromatic heterocycles. The molecule has 0 aliphatic rings. The fourth-order valence-electron chi connectivity index (χ4n) is 2.66. The molecule has 5 nitrogen and oxygen atoms in total. The van der Waals surface area contributed by atoms with Crippen LogP contribution < -0.4 is 10.1 Å². The first kappa shape index (κ1) is 16.1. The summed E-state index contributed by atoms with van der Waals surface area (Å²) >= 11 is 0. The molecule has 0 aliphatic carbocycles. The van der Waals surface area contributed by atoms with E-state index in [1.54, 1.807) is 25.3 Å². The number of carbonyl (C=O) groups is 1. The van der Waals surface area contributed by atoms with E-state index in [0.29, 0.717) is 11.3 Å². The zero-order chi connectivity index (χ0) is 17.1. The van der Waals surface area contributed by atoms with Crippen molar-refractivity contribution in [2.45, 2.75) is 19.9 Å². The summed E-state index contributed by atoms with van der Waals surface area (Å²) in [6.45, 7) is 4.12. The second-order valence-corrected chi connectivity index (χ2v) is 6.07. The molecule has 124 valence electrons. The lowest BCUT2D eigenvalue weighted by atomic mass is 10.0. The highest BCUT2D eigenvalue weighted by Crippen LogP contribution is 2.23. The average Bonchev–Trinajstić information content (AvgIpc) is 3.02. The maximum atomic E-state index is 12.6. The van der Waals surface area contributed by atoms with Crippen molar-refractivity contribution in [1.29, 1.82) is 0 Å². The summed E-state index contributed by atoms with van der Waals surface area (Å²) in [7, 11) is 1.59. The number of methoxy groups -OCH3 is 1. The first-order valence-electron chi connectivity index (χ1n) is 7.98. The molecule has 0 radical (unpaired) electrons. The van der Waals surface area contributed by atoms with E-state index in [1.807, 2.05) is 30.3 Å². The van der Waals surface area contributed by atoms with Crippen molar-refractivity contribution in [2.75, 3.05) is 7.11 Å². The Kier molecular flexibility index (Phi) is 4.51. The van der Waals surface area contributed by atoms with Gasteiger partial charge in [-0.05, 0) is 36.2 Å². The van der Waals surface area contributed by atoms with Crippen molar-refractivity contribution in [3.63, 3.8) is 0 Å². The highest BCUT2D eigenvalue weighted by molar-refractivity contribution is 5.94. The predicted molar refractivity (Wildman–Crippen MR) is 94.1 cm³/mol. The van der Waals surface area contributed by atoms with Gasteiger partial charge in [0.1, 0.15) is 11.6 Å². The Hall–Kier alpha value is -2.82. The van der Waals surface area contributed by atoms with Crippen LogP contribution in [0, 0.1) is 5.92 Å². The summed E-state index contributed by atoms with van der Waals surface area (Å²) in [5.74, 6) is 1.48. The summed E-state index contributed by atoms with van der Waals surface area (Å²) in [5.41, 5.74) is 2.43. The van der Waals surface area contributed by atoms with E-state index in [4.69, 9.17) is 4.74 Å². The monoisotopic (exact) mass is 323 g/mol. The summed E-state index contributed by atoms with van der Waals surface area (Å²) in [5, 5.41) is 3.07. The van der Waals surface area contributed by atoms with E-state index in [0.717, 1.165) is 16.9 Å². The molecule has 2 N–H and O–H groups in total. The number of amides is 1. The number of carbonyl (C=O) groups excluding carboxylic acids is 1. The Morgan fingerprint density at radius 1 is 1.17 bits per heavy atom. The number of rotatable bonds is 5. The van der Waals surface area contributed by atoms with Crippen LogP contribution >= 0.6 is 0 Å². The van der Waals surface area contributed by atoms with Gasteiger partial charge in [-0.25, -0.2) is 4.98 Å². The number of aromatic amines is 1. The van der Waals surface area contributed by atoms with Gasteiger partial charge in [0, 0.05) is 5.56 Å². The molecule has 0 bridgehead atoms. The number of aromatic nitrogens is 2. The molecule has 1 heterocycles. The van der Waals surface area contributed by atoms with Gasteiger partial charge in [0.2, 0.25) is 0 Å². The predicted octanol–water partition coefficient (Wildman–Crippen LogP) is 3.70. The van der Waals surface area contributed by atoms with Crippen molar-refractivity contribution in [1.82, 2.24) is 15.3 Å². The van der Waals surface area contributed by atoms with Gasteiger partial charge in [-0.2, -0.15) is 0 Å². The molecular weight excluding hydrogens is 302 g/mol. The van der Waals surface area contributed by atoms with Crippen molar-refractivity contribution in [3.8, 4) is 5.75 Å². The Bertz CT molecular complexity index is 821. The molecule has 0 saturated carbocycles. The van der Waals surface area contributed by atoms with Gasteiger partial charge < -0.3 is 15.0 Å². The van der Waals surface area contributed by atoms with Crippen LogP contribution in [-0.4, -0.2) is 23.0 Å². The maximum Gasteiger partial charge on any atom is 0.252 e. The number of nitrogens with one attached hydrogen (secondary N) is 2. The third-order valence-electron chi connectivity index (χ3n) is 3.99. The second kappa shape index (κ2) is 6.74. The van der Waals surface area contributed by atoms with Crippen LogP contribution in [0.1, 0.15) is 36.1 Å². The molecule has 2 aromatic carbocycles. The molecule has 1 amide bonds. The summed E-state index contributed by atoms with van der Waals surface area (Å²) in [4.78, 5) is 20.5. The van der Waals surface area contributed by atoms with E-state index in [9.17, 15) is 4.79 Å². The molecule has 0 fully saturated rings. The number of hydrogen-bond acceptors (Lipinski definition) is 3. The van der Waals surface area contributed by atoms with Crippen molar-refractivity contribution < 1.29 is 9.53 Å². The van der Waals surface area contributed by atoms with Gasteiger partial charge in [0.05, 0.1) is 24.2 Å². The fourth-order valence-corrected chi connectivity index (χ4v) is 2.66. The number of hydrogen-bond donors (Lipinski definition) is 2. The van der Waals surface area contributed by atoms with Crippen LogP contribution in [0.2, 0.25) is 0 Å². The van der Waals surface area contributed by atoms with E-state index in [-0.39, 0.29) is 17.9 Å². The lowest BCUT2D eigenvalue weighted by Crippen LogP contribution is -2.32. The zero-order valence-electron chi connectivity index (χ0n) is 14.0. The molecule has 3 aromatic rings. The molecule has 0 spiro atoms. The fraction of sp³-hybridized carbons (Fsp3) is 0.263. The molecule has 0 saturated heterocycles. The third kappa shape index (κ3) is 3.25. The molecule has 5 heteroatoms. The van der Waals surface area contributed by atoms with Crippen LogP contribution in [0.4, 0.5) is 0 Å². The number of fused-ring (bicyclic) bond motifs is 1. The maximum absolute atomic E-state index is 12.6. The van der Waals surface area contributed by atoms with E-state index < -0.39 is 0 Å². The minimum Gasteiger partial charge on any atom is -0.497 e. The lowest BCUT2D eigenvalue weighted by molar-refractivity contribution is 0.0923. The van der Waals surface area contributed by atoms with E-state index >= 15 is 0 Å². The number of benzene rings is 2. The van der Waals surface area contributed by atoms with Crippen molar-refractivity contribution in [2.24, 2.45) is 5.92 Å². The summed E-state index contributed by atoms with van der Waals surface area (Å²) < 4.78 is 5.18.